The highest BCUT2D eigenvalue weighted by molar-refractivity contribution is 7.17. The third kappa shape index (κ3) is 4.31. The number of benzene rings is 1. The quantitative estimate of drug-likeness (QED) is 0.521. The monoisotopic (exact) mass is 468 g/mol. The third-order valence-electron chi connectivity index (χ3n) is 6.40. The second-order valence-electron chi connectivity index (χ2n) is 9.52. The molecule has 3 amide bonds. The van der Waals surface area contributed by atoms with Gasteiger partial charge < -0.3 is 10.1 Å². The standard InChI is InChI=1S/C25H28N2O5S/c1-5-32-24(31)20-17-11-10-14(25(2,3)4)12-18(17)33-21(20)26-19(28)13-27-22(29)15-8-6-7-9-16(15)23(27)30/h6-9,14H,5,10-13H2,1-4H3,(H,26,28). The molecule has 2 aromatic rings. The molecular weight excluding hydrogens is 440 g/mol. The molecule has 8 heteroatoms. The molecule has 7 nitrogen and oxygen atoms in total. The van der Waals surface area contributed by atoms with Crippen molar-refractivity contribution in [3.63, 3.8) is 0 Å². The highest BCUT2D eigenvalue weighted by Crippen LogP contribution is 2.44. The number of hydrogen-bond donors (Lipinski definition) is 1. The SMILES string of the molecule is CCOC(=O)c1c(NC(=O)CN2C(=O)c3ccccc3C2=O)sc2c1CCC(C(C)(C)C)C2. The van der Waals surface area contributed by atoms with Gasteiger partial charge in [-0.25, -0.2) is 4.79 Å². The molecule has 0 spiro atoms. The summed E-state index contributed by atoms with van der Waals surface area (Å²) >= 11 is 1.39. The molecule has 4 rings (SSSR count). The Kier molecular flexibility index (Phi) is 6.14. The first-order valence-corrected chi connectivity index (χ1v) is 12.0. The minimum Gasteiger partial charge on any atom is -0.462 e. The fourth-order valence-electron chi connectivity index (χ4n) is 4.52. The number of imide groups is 1. The topological polar surface area (TPSA) is 92.8 Å². The summed E-state index contributed by atoms with van der Waals surface area (Å²) in [5.41, 5.74) is 2.07. The molecule has 2 aliphatic rings. The smallest absolute Gasteiger partial charge is 0.341 e. The van der Waals surface area contributed by atoms with Gasteiger partial charge in [0.2, 0.25) is 5.91 Å². The van der Waals surface area contributed by atoms with Gasteiger partial charge in [-0.3, -0.25) is 19.3 Å². The number of rotatable bonds is 5. The minimum atomic E-state index is -0.527. The van der Waals surface area contributed by atoms with Crippen LogP contribution in [0.15, 0.2) is 24.3 Å². The van der Waals surface area contributed by atoms with Crippen LogP contribution in [0.2, 0.25) is 0 Å². The highest BCUT2D eigenvalue weighted by Gasteiger charge is 2.37. The van der Waals surface area contributed by atoms with E-state index in [0.717, 1.165) is 34.6 Å². The van der Waals surface area contributed by atoms with E-state index in [2.05, 4.69) is 26.1 Å². The Morgan fingerprint density at radius 2 is 1.79 bits per heavy atom. The fraction of sp³-hybridized carbons (Fsp3) is 0.440. The van der Waals surface area contributed by atoms with Crippen molar-refractivity contribution in [3.05, 3.63) is 51.4 Å². The molecule has 1 aliphatic carbocycles. The maximum absolute atomic E-state index is 12.9. The average Bonchev–Trinajstić information content (AvgIpc) is 3.23. The summed E-state index contributed by atoms with van der Waals surface area (Å²) in [5, 5.41) is 3.21. The van der Waals surface area contributed by atoms with Crippen molar-refractivity contribution in [2.24, 2.45) is 11.3 Å². The Labute approximate surface area is 197 Å². The third-order valence-corrected chi connectivity index (χ3v) is 7.57. The lowest BCUT2D eigenvalue weighted by atomic mass is 9.72. The van der Waals surface area contributed by atoms with Crippen molar-refractivity contribution in [1.82, 2.24) is 4.90 Å². The van der Waals surface area contributed by atoms with Gasteiger partial charge >= 0.3 is 5.97 Å². The number of hydrogen-bond acceptors (Lipinski definition) is 6. The lowest BCUT2D eigenvalue weighted by molar-refractivity contribution is -0.116. The summed E-state index contributed by atoms with van der Waals surface area (Å²) < 4.78 is 5.28. The van der Waals surface area contributed by atoms with E-state index in [9.17, 15) is 19.2 Å². The Morgan fingerprint density at radius 3 is 2.36 bits per heavy atom. The number of carbonyl (C=O) groups is 4. The fourth-order valence-corrected chi connectivity index (χ4v) is 5.86. The summed E-state index contributed by atoms with van der Waals surface area (Å²) in [6, 6.07) is 6.51. The van der Waals surface area contributed by atoms with Crippen molar-refractivity contribution in [2.75, 3.05) is 18.5 Å². The zero-order chi connectivity index (χ0) is 23.9. The van der Waals surface area contributed by atoms with Gasteiger partial charge in [0, 0.05) is 4.88 Å². The Hall–Kier alpha value is -3.00. The molecular formula is C25H28N2O5S. The van der Waals surface area contributed by atoms with Crippen LogP contribution >= 0.6 is 11.3 Å². The largest absolute Gasteiger partial charge is 0.462 e. The van der Waals surface area contributed by atoms with E-state index < -0.39 is 30.2 Å². The maximum atomic E-state index is 12.9. The molecule has 1 atom stereocenters. The van der Waals surface area contributed by atoms with E-state index in [4.69, 9.17) is 4.74 Å². The Bertz CT molecular complexity index is 1110. The number of nitrogens with one attached hydrogen (secondary N) is 1. The van der Waals surface area contributed by atoms with Crippen LogP contribution in [0.25, 0.3) is 0 Å². The number of esters is 1. The number of fused-ring (bicyclic) bond motifs is 2. The lowest BCUT2D eigenvalue weighted by Crippen LogP contribution is -2.37. The molecule has 0 radical (unpaired) electrons. The van der Waals surface area contributed by atoms with Crippen LogP contribution in [0.1, 0.15) is 75.6 Å². The molecule has 2 heterocycles. The first kappa shape index (κ1) is 23.2. The lowest BCUT2D eigenvalue weighted by Gasteiger charge is -2.33. The van der Waals surface area contributed by atoms with Gasteiger partial charge in [0.25, 0.3) is 11.8 Å². The van der Waals surface area contributed by atoms with E-state index in [0.29, 0.717) is 27.6 Å². The van der Waals surface area contributed by atoms with Gasteiger partial charge in [-0.2, -0.15) is 0 Å². The van der Waals surface area contributed by atoms with E-state index >= 15 is 0 Å². The molecule has 1 aromatic carbocycles. The molecule has 1 aliphatic heterocycles. The minimum absolute atomic E-state index is 0.140. The van der Waals surface area contributed by atoms with Gasteiger partial charge in [-0.15, -0.1) is 11.3 Å². The first-order chi connectivity index (χ1) is 15.6. The molecule has 0 saturated heterocycles. The number of amides is 3. The summed E-state index contributed by atoms with van der Waals surface area (Å²) in [7, 11) is 0. The zero-order valence-corrected chi connectivity index (χ0v) is 20.1. The van der Waals surface area contributed by atoms with Crippen molar-refractivity contribution >= 4 is 40.0 Å². The molecule has 1 unspecified atom stereocenters. The van der Waals surface area contributed by atoms with Gasteiger partial charge in [-0.1, -0.05) is 32.9 Å². The summed E-state index contributed by atoms with van der Waals surface area (Å²) in [4.78, 5) is 52.9. The van der Waals surface area contributed by atoms with Crippen molar-refractivity contribution < 1.29 is 23.9 Å². The van der Waals surface area contributed by atoms with E-state index in [1.807, 2.05) is 0 Å². The first-order valence-electron chi connectivity index (χ1n) is 11.2. The maximum Gasteiger partial charge on any atom is 0.341 e. The molecule has 1 aromatic heterocycles. The Morgan fingerprint density at radius 1 is 1.15 bits per heavy atom. The number of carbonyl (C=O) groups excluding carboxylic acids is 4. The van der Waals surface area contributed by atoms with Crippen molar-refractivity contribution in [2.45, 2.75) is 47.0 Å². The summed E-state index contributed by atoms with van der Waals surface area (Å²) in [5.74, 6) is -1.49. The second-order valence-corrected chi connectivity index (χ2v) is 10.6. The number of thiophene rings is 1. The second kappa shape index (κ2) is 8.74. The van der Waals surface area contributed by atoms with Gasteiger partial charge in [0.1, 0.15) is 11.5 Å². The molecule has 0 bridgehead atoms. The highest BCUT2D eigenvalue weighted by atomic mass is 32.1. The summed E-state index contributed by atoms with van der Waals surface area (Å²) in [6.07, 6.45) is 2.54. The molecule has 0 saturated carbocycles. The molecule has 174 valence electrons. The van der Waals surface area contributed by atoms with Crippen LogP contribution in [0.4, 0.5) is 5.00 Å². The van der Waals surface area contributed by atoms with Crippen LogP contribution in [-0.4, -0.2) is 41.7 Å². The molecule has 33 heavy (non-hydrogen) atoms. The van der Waals surface area contributed by atoms with Crippen LogP contribution in [-0.2, 0) is 22.4 Å². The summed E-state index contributed by atoms with van der Waals surface area (Å²) in [6.45, 7) is 8.21. The van der Waals surface area contributed by atoms with Gasteiger partial charge in [0.05, 0.1) is 23.3 Å². The van der Waals surface area contributed by atoms with E-state index in [1.54, 1.807) is 31.2 Å². The van der Waals surface area contributed by atoms with Gasteiger partial charge in [0.15, 0.2) is 0 Å². The zero-order valence-electron chi connectivity index (χ0n) is 19.3. The van der Waals surface area contributed by atoms with Crippen molar-refractivity contribution in [3.8, 4) is 0 Å². The number of ether oxygens (including phenoxy) is 1. The van der Waals surface area contributed by atoms with Crippen LogP contribution < -0.4 is 5.32 Å². The van der Waals surface area contributed by atoms with E-state index in [-0.39, 0.29) is 12.0 Å². The predicted molar refractivity (Wildman–Crippen MR) is 126 cm³/mol. The van der Waals surface area contributed by atoms with Crippen LogP contribution in [0, 0.1) is 11.3 Å². The normalized spacial score (nSPS) is 17.6. The van der Waals surface area contributed by atoms with Crippen LogP contribution in [0.3, 0.4) is 0 Å². The predicted octanol–water partition coefficient (Wildman–Crippen LogP) is 4.31. The molecule has 1 N–H and O–H groups in total. The van der Waals surface area contributed by atoms with Gasteiger partial charge in [-0.05, 0) is 55.2 Å². The number of nitrogens with zero attached hydrogens (tertiary/aromatic N) is 1. The van der Waals surface area contributed by atoms with Crippen LogP contribution in [0.5, 0.6) is 0 Å². The Balaban J connectivity index is 1.57. The number of anilines is 1. The van der Waals surface area contributed by atoms with E-state index in [1.165, 1.54) is 11.3 Å². The average molecular weight is 469 g/mol. The van der Waals surface area contributed by atoms with Crippen molar-refractivity contribution in [1.29, 1.82) is 0 Å². The molecule has 0 fully saturated rings.